The standard InChI is InChI=1S/C24H25N3S2/c1-15(2)12-19-17-10-6-7-11-18(17)20-21-22(29-23(20)27-19)24(26-14-25-21)28-13-16-8-4-3-5-9-16/h3-5,8-9,14-15H,6-7,10-13H2,1-2H3. The number of hydrogen-bond donors (Lipinski definition) is 0. The van der Waals surface area contributed by atoms with E-state index in [2.05, 4.69) is 49.2 Å². The van der Waals surface area contributed by atoms with Gasteiger partial charge in [-0.2, -0.15) is 0 Å². The minimum absolute atomic E-state index is 0.622. The number of aryl methyl sites for hydroxylation is 1. The summed E-state index contributed by atoms with van der Waals surface area (Å²) in [5, 5.41) is 2.38. The van der Waals surface area contributed by atoms with Gasteiger partial charge in [0, 0.05) is 16.8 Å². The zero-order valence-electron chi connectivity index (χ0n) is 16.9. The molecule has 0 atom stereocenters. The second kappa shape index (κ2) is 8.04. The molecule has 29 heavy (non-hydrogen) atoms. The van der Waals surface area contributed by atoms with E-state index in [1.165, 1.54) is 51.7 Å². The summed E-state index contributed by atoms with van der Waals surface area (Å²) in [5.74, 6) is 1.54. The second-order valence-corrected chi connectivity index (χ2v) is 10.2. The molecule has 4 aromatic rings. The maximum Gasteiger partial charge on any atom is 0.126 e. The van der Waals surface area contributed by atoms with Crippen LogP contribution in [0.2, 0.25) is 0 Å². The maximum atomic E-state index is 5.17. The van der Waals surface area contributed by atoms with Crippen LogP contribution < -0.4 is 0 Å². The highest BCUT2D eigenvalue weighted by Crippen LogP contribution is 2.42. The van der Waals surface area contributed by atoms with Crippen LogP contribution in [0.1, 0.15) is 49.1 Å². The monoisotopic (exact) mass is 419 g/mol. The van der Waals surface area contributed by atoms with E-state index in [0.29, 0.717) is 5.92 Å². The SMILES string of the molecule is CC(C)Cc1nc2sc3c(SCc4ccccc4)ncnc3c2c2c1CCCC2. The lowest BCUT2D eigenvalue weighted by Crippen LogP contribution is -2.11. The van der Waals surface area contributed by atoms with Gasteiger partial charge in [0.25, 0.3) is 0 Å². The van der Waals surface area contributed by atoms with Crippen LogP contribution in [0.25, 0.3) is 20.4 Å². The minimum atomic E-state index is 0.622. The van der Waals surface area contributed by atoms with Gasteiger partial charge in [0.2, 0.25) is 0 Å². The van der Waals surface area contributed by atoms with Gasteiger partial charge >= 0.3 is 0 Å². The van der Waals surface area contributed by atoms with Crippen molar-refractivity contribution in [2.45, 2.75) is 56.7 Å². The molecule has 0 radical (unpaired) electrons. The van der Waals surface area contributed by atoms with Crippen molar-refractivity contribution in [3.8, 4) is 0 Å². The topological polar surface area (TPSA) is 38.7 Å². The molecule has 0 aliphatic heterocycles. The molecule has 1 aromatic carbocycles. The summed E-state index contributed by atoms with van der Waals surface area (Å²) in [5.41, 5.74) is 6.77. The third-order valence-corrected chi connectivity index (χ3v) is 7.86. The molecular formula is C24H25N3S2. The van der Waals surface area contributed by atoms with E-state index in [-0.39, 0.29) is 0 Å². The molecule has 0 N–H and O–H groups in total. The smallest absolute Gasteiger partial charge is 0.126 e. The molecule has 0 fully saturated rings. The molecule has 0 saturated carbocycles. The summed E-state index contributed by atoms with van der Waals surface area (Å²) in [6, 6.07) is 10.6. The van der Waals surface area contributed by atoms with Crippen molar-refractivity contribution in [1.29, 1.82) is 0 Å². The van der Waals surface area contributed by atoms with Crippen LogP contribution in [-0.2, 0) is 25.0 Å². The number of hydrogen-bond acceptors (Lipinski definition) is 5. The molecule has 1 aliphatic carbocycles. The summed E-state index contributed by atoms with van der Waals surface area (Å²) in [6.07, 6.45) is 7.67. The molecule has 5 heteroatoms. The first-order valence-corrected chi connectivity index (χ1v) is 12.3. The van der Waals surface area contributed by atoms with Crippen LogP contribution in [0.3, 0.4) is 0 Å². The molecular weight excluding hydrogens is 394 g/mol. The van der Waals surface area contributed by atoms with Crippen molar-refractivity contribution in [2.75, 3.05) is 0 Å². The van der Waals surface area contributed by atoms with Crippen LogP contribution in [0.4, 0.5) is 0 Å². The Morgan fingerprint density at radius 2 is 1.83 bits per heavy atom. The van der Waals surface area contributed by atoms with Crippen LogP contribution >= 0.6 is 23.1 Å². The summed E-state index contributed by atoms with van der Waals surface area (Å²) < 4.78 is 1.20. The van der Waals surface area contributed by atoms with Crippen molar-refractivity contribution in [2.24, 2.45) is 5.92 Å². The first-order chi connectivity index (χ1) is 14.2. The third-order valence-electron chi connectivity index (χ3n) is 5.59. The van der Waals surface area contributed by atoms with Gasteiger partial charge in [-0.15, -0.1) is 23.1 Å². The lowest BCUT2D eigenvalue weighted by atomic mass is 9.87. The van der Waals surface area contributed by atoms with Crippen LogP contribution in [0.5, 0.6) is 0 Å². The largest absolute Gasteiger partial charge is 0.242 e. The Balaban J connectivity index is 1.63. The number of fused-ring (bicyclic) bond motifs is 5. The number of rotatable bonds is 5. The molecule has 0 spiro atoms. The molecule has 0 bridgehead atoms. The minimum Gasteiger partial charge on any atom is -0.242 e. The van der Waals surface area contributed by atoms with E-state index < -0.39 is 0 Å². The first-order valence-electron chi connectivity index (χ1n) is 10.4. The summed E-state index contributed by atoms with van der Waals surface area (Å²) in [7, 11) is 0. The Bertz CT molecular complexity index is 1170. The molecule has 0 unspecified atom stereocenters. The van der Waals surface area contributed by atoms with Gasteiger partial charge in [0.1, 0.15) is 16.2 Å². The summed E-state index contributed by atoms with van der Waals surface area (Å²) in [4.78, 5) is 15.7. The van der Waals surface area contributed by atoms with Crippen molar-refractivity contribution in [3.05, 3.63) is 59.0 Å². The molecule has 148 valence electrons. The Kier molecular flexibility index (Phi) is 5.27. The fraction of sp³-hybridized carbons (Fsp3) is 0.375. The van der Waals surface area contributed by atoms with E-state index in [1.807, 2.05) is 0 Å². The maximum absolute atomic E-state index is 5.17. The van der Waals surface area contributed by atoms with Gasteiger partial charge in [0.15, 0.2) is 0 Å². The molecule has 3 nitrogen and oxygen atoms in total. The number of thiophene rings is 1. The fourth-order valence-corrected chi connectivity index (χ4v) is 6.51. The molecule has 0 saturated heterocycles. The number of thioether (sulfide) groups is 1. The highest BCUT2D eigenvalue weighted by molar-refractivity contribution is 7.98. The molecule has 0 amide bonds. The van der Waals surface area contributed by atoms with Crippen LogP contribution in [0, 0.1) is 5.92 Å². The Morgan fingerprint density at radius 3 is 2.62 bits per heavy atom. The van der Waals surface area contributed by atoms with Gasteiger partial charge < -0.3 is 0 Å². The Hall–Kier alpha value is -1.98. The van der Waals surface area contributed by atoms with E-state index in [4.69, 9.17) is 9.97 Å². The second-order valence-electron chi connectivity index (χ2n) is 8.23. The van der Waals surface area contributed by atoms with Gasteiger partial charge in [-0.1, -0.05) is 44.2 Å². The normalized spacial score (nSPS) is 14.0. The predicted octanol–water partition coefficient (Wildman–Crippen LogP) is 6.61. The van der Waals surface area contributed by atoms with Crippen LogP contribution in [-0.4, -0.2) is 15.0 Å². The zero-order valence-corrected chi connectivity index (χ0v) is 18.6. The quantitative estimate of drug-likeness (QED) is 0.269. The van der Waals surface area contributed by atoms with Crippen molar-refractivity contribution in [1.82, 2.24) is 15.0 Å². The van der Waals surface area contributed by atoms with Gasteiger partial charge in [0.05, 0.1) is 10.2 Å². The van der Waals surface area contributed by atoms with Gasteiger partial charge in [-0.3, -0.25) is 0 Å². The van der Waals surface area contributed by atoms with Gasteiger partial charge in [-0.25, -0.2) is 15.0 Å². The molecule has 1 aliphatic rings. The summed E-state index contributed by atoms with van der Waals surface area (Å²) >= 11 is 3.58. The number of aromatic nitrogens is 3. The van der Waals surface area contributed by atoms with Crippen molar-refractivity contribution >= 4 is 43.5 Å². The van der Waals surface area contributed by atoms with Crippen molar-refractivity contribution < 1.29 is 0 Å². The summed E-state index contributed by atoms with van der Waals surface area (Å²) in [6.45, 7) is 4.58. The highest BCUT2D eigenvalue weighted by atomic mass is 32.2. The zero-order chi connectivity index (χ0) is 19.8. The number of pyridine rings is 1. The Morgan fingerprint density at radius 1 is 1.03 bits per heavy atom. The first kappa shape index (κ1) is 19.0. The highest BCUT2D eigenvalue weighted by Gasteiger charge is 2.23. The van der Waals surface area contributed by atoms with E-state index in [9.17, 15) is 0 Å². The van der Waals surface area contributed by atoms with E-state index >= 15 is 0 Å². The third kappa shape index (κ3) is 3.66. The van der Waals surface area contributed by atoms with Crippen LogP contribution in [0.15, 0.2) is 41.7 Å². The van der Waals surface area contributed by atoms with E-state index in [0.717, 1.165) is 34.0 Å². The van der Waals surface area contributed by atoms with Gasteiger partial charge in [-0.05, 0) is 54.7 Å². The lowest BCUT2D eigenvalue weighted by Gasteiger charge is -2.20. The number of nitrogens with zero attached hydrogens (tertiary/aromatic N) is 3. The molecule has 3 heterocycles. The fourth-order valence-electron chi connectivity index (χ4n) is 4.30. The Labute approximate surface area is 180 Å². The molecule has 5 rings (SSSR count). The average Bonchev–Trinajstić information content (AvgIpc) is 3.12. The molecule has 3 aromatic heterocycles. The van der Waals surface area contributed by atoms with Crippen molar-refractivity contribution in [3.63, 3.8) is 0 Å². The average molecular weight is 420 g/mol. The van der Waals surface area contributed by atoms with E-state index in [1.54, 1.807) is 29.4 Å². The predicted molar refractivity (Wildman–Crippen MR) is 124 cm³/mol. The number of benzene rings is 1. The lowest BCUT2D eigenvalue weighted by molar-refractivity contribution is 0.615.